The molecule has 1 saturated heterocycles. The standard InChI is InChI=1S/C13H18N2O3/c14-9-12-10-15(13(16)18-12)7-4-8-17-11-5-2-1-3-6-11/h1-3,5-6,12H,4,7-10,14H2. The summed E-state index contributed by atoms with van der Waals surface area (Å²) in [4.78, 5) is 13.1. The molecule has 1 unspecified atom stereocenters. The Balaban J connectivity index is 1.65. The summed E-state index contributed by atoms with van der Waals surface area (Å²) in [6, 6.07) is 9.63. The van der Waals surface area contributed by atoms with Crippen LogP contribution in [-0.2, 0) is 4.74 Å². The van der Waals surface area contributed by atoms with Crippen molar-refractivity contribution in [3.05, 3.63) is 30.3 Å². The van der Waals surface area contributed by atoms with Crippen LogP contribution in [0.25, 0.3) is 0 Å². The van der Waals surface area contributed by atoms with Gasteiger partial charge in [-0.05, 0) is 18.6 Å². The Morgan fingerprint density at radius 1 is 1.39 bits per heavy atom. The molecule has 1 amide bonds. The van der Waals surface area contributed by atoms with Crippen molar-refractivity contribution in [1.29, 1.82) is 0 Å². The first-order valence-corrected chi connectivity index (χ1v) is 6.13. The second-order valence-corrected chi connectivity index (χ2v) is 4.20. The minimum Gasteiger partial charge on any atom is -0.494 e. The van der Waals surface area contributed by atoms with E-state index in [1.807, 2.05) is 30.3 Å². The van der Waals surface area contributed by atoms with Crippen molar-refractivity contribution < 1.29 is 14.3 Å². The van der Waals surface area contributed by atoms with Crippen LogP contribution in [0.15, 0.2) is 30.3 Å². The quantitative estimate of drug-likeness (QED) is 0.771. The van der Waals surface area contributed by atoms with E-state index < -0.39 is 0 Å². The van der Waals surface area contributed by atoms with Crippen LogP contribution < -0.4 is 10.5 Å². The van der Waals surface area contributed by atoms with E-state index >= 15 is 0 Å². The first kappa shape index (κ1) is 12.7. The van der Waals surface area contributed by atoms with Gasteiger partial charge >= 0.3 is 6.09 Å². The molecule has 1 aliphatic rings. The van der Waals surface area contributed by atoms with Crippen molar-refractivity contribution in [3.8, 4) is 5.75 Å². The summed E-state index contributed by atoms with van der Waals surface area (Å²) in [5.41, 5.74) is 5.46. The number of nitrogens with zero attached hydrogens (tertiary/aromatic N) is 1. The van der Waals surface area contributed by atoms with Crippen molar-refractivity contribution in [1.82, 2.24) is 4.90 Å². The molecule has 0 aliphatic carbocycles. The maximum absolute atomic E-state index is 11.4. The topological polar surface area (TPSA) is 64.8 Å². The van der Waals surface area contributed by atoms with E-state index in [9.17, 15) is 4.79 Å². The molecule has 5 nitrogen and oxygen atoms in total. The van der Waals surface area contributed by atoms with E-state index in [0.29, 0.717) is 26.2 Å². The van der Waals surface area contributed by atoms with Gasteiger partial charge in [-0.25, -0.2) is 4.79 Å². The van der Waals surface area contributed by atoms with Crippen LogP contribution in [0.2, 0.25) is 0 Å². The SMILES string of the molecule is NCC1CN(CCCOc2ccccc2)C(=O)O1. The van der Waals surface area contributed by atoms with E-state index in [4.69, 9.17) is 15.2 Å². The molecule has 5 heteroatoms. The summed E-state index contributed by atoms with van der Waals surface area (Å²) in [5, 5.41) is 0. The van der Waals surface area contributed by atoms with E-state index in [0.717, 1.165) is 12.2 Å². The third kappa shape index (κ3) is 3.37. The van der Waals surface area contributed by atoms with Crippen LogP contribution >= 0.6 is 0 Å². The smallest absolute Gasteiger partial charge is 0.410 e. The molecular weight excluding hydrogens is 232 g/mol. The van der Waals surface area contributed by atoms with Gasteiger partial charge in [0.25, 0.3) is 0 Å². The highest BCUT2D eigenvalue weighted by Crippen LogP contribution is 2.12. The zero-order chi connectivity index (χ0) is 12.8. The molecule has 2 N–H and O–H groups in total. The van der Waals surface area contributed by atoms with Gasteiger partial charge in [0.15, 0.2) is 0 Å². The number of benzene rings is 1. The molecule has 2 rings (SSSR count). The third-order valence-electron chi connectivity index (χ3n) is 2.80. The fraction of sp³-hybridized carbons (Fsp3) is 0.462. The lowest BCUT2D eigenvalue weighted by Gasteiger charge is -2.12. The minimum absolute atomic E-state index is 0.160. The van der Waals surface area contributed by atoms with Gasteiger partial charge in [0.1, 0.15) is 11.9 Å². The zero-order valence-electron chi connectivity index (χ0n) is 10.2. The van der Waals surface area contributed by atoms with E-state index in [2.05, 4.69) is 0 Å². The van der Waals surface area contributed by atoms with Crippen LogP contribution in [-0.4, -0.2) is 43.3 Å². The monoisotopic (exact) mass is 250 g/mol. The number of rotatable bonds is 6. The van der Waals surface area contributed by atoms with E-state index in [1.54, 1.807) is 4.90 Å². The van der Waals surface area contributed by atoms with E-state index in [-0.39, 0.29) is 12.2 Å². The molecule has 1 fully saturated rings. The van der Waals surface area contributed by atoms with Crippen molar-refractivity contribution in [3.63, 3.8) is 0 Å². The molecule has 1 aromatic carbocycles. The van der Waals surface area contributed by atoms with Crippen LogP contribution in [0.3, 0.4) is 0 Å². The van der Waals surface area contributed by atoms with Gasteiger partial charge < -0.3 is 20.1 Å². The summed E-state index contributed by atoms with van der Waals surface area (Å²) in [6.07, 6.45) is 0.346. The Labute approximate surface area is 106 Å². The van der Waals surface area contributed by atoms with Gasteiger partial charge in [-0.1, -0.05) is 18.2 Å². The Bertz CT molecular complexity index is 383. The molecule has 1 atom stereocenters. The molecule has 18 heavy (non-hydrogen) atoms. The van der Waals surface area contributed by atoms with Crippen molar-refractivity contribution >= 4 is 6.09 Å². The Hall–Kier alpha value is -1.75. The highest BCUT2D eigenvalue weighted by Gasteiger charge is 2.29. The molecule has 0 aromatic heterocycles. The van der Waals surface area contributed by atoms with Crippen molar-refractivity contribution in [2.45, 2.75) is 12.5 Å². The summed E-state index contributed by atoms with van der Waals surface area (Å²) in [6.45, 7) is 2.19. The number of ether oxygens (including phenoxy) is 2. The normalized spacial score (nSPS) is 18.8. The van der Waals surface area contributed by atoms with Gasteiger partial charge in [0, 0.05) is 13.1 Å². The molecule has 98 valence electrons. The molecule has 1 aliphatic heterocycles. The summed E-state index contributed by atoms with van der Waals surface area (Å²) in [7, 11) is 0. The minimum atomic E-state index is -0.273. The summed E-state index contributed by atoms with van der Waals surface area (Å²) in [5.74, 6) is 0.848. The highest BCUT2D eigenvalue weighted by molar-refractivity contribution is 5.69. The zero-order valence-corrected chi connectivity index (χ0v) is 10.2. The van der Waals surface area contributed by atoms with Crippen molar-refractivity contribution in [2.24, 2.45) is 5.73 Å². The molecule has 0 spiro atoms. The fourth-order valence-corrected chi connectivity index (χ4v) is 1.84. The van der Waals surface area contributed by atoms with Crippen molar-refractivity contribution in [2.75, 3.05) is 26.2 Å². The van der Waals surface area contributed by atoms with Crippen LogP contribution in [0, 0.1) is 0 Å². The van der Waals surface area contributed by atoms with Crippen LogP contribution in [0.1, 0.15) is 6.42 Å². The number of hydrogen-bond acceptors (Lipinski definition) is 4. The van der Waals surface area contributed by atoms with Crippen LogP contribution in [0.5, 0.6) is 5.75 Å². The maximum atomic E-state index is 11.4. The number of hydrogen-bond donors (Lipinski definition) is 1. The predicted molar refractivity (Wildman–Crippen MR) is 67.5 cm³/mol. The summed E-state index contributed by atoms with van der Waals surface area (Å²) >= 11 is 0. The summed E-state index contributed by atoms with van der Waals surface area (Å²) < 4.78 is 10.6. The maximum Gasteiger partial charge on any atom is 0.410 e. The lowest BCUT2D eigenvalue weighted by atomic mass is 10.3. The second-order valence-electron chi connectivity index (χ2n) is 4.20. The fourth-order valence-electron chi connectivity index (χ4n) is 1.84. The number of carbonyl (C=O) groups excluding carboxylic acids is 1. The average Bonchev–Trinajstić information content (AvgIpc) is 2.77. The van der Waals surface area contributed by atoms with Gasteiger partial charge in [-0.15, -0.1) is 0 Å². The van der Waals surface area contributed by atoms with Crippen LogP contribution in [0.4, 0.5) is 4.79 Å². The number of nitrogens with two attached hydrogens (primary N) is 1. The first-order chi connectivity index (χ1) is 8.79. The second kappa shape index (κ2) is 6.26. The number of cyclic esters (lactones) is 1. The molecular formula is C13H18N2O3. The average molecular weight is 250 g/mol. The Morgan fingerprint density at radius 2 is 2.17 bits per heavy atom. The Kier molecular flexibility index (Phi) is 4.41. The first-order valence-electron chi connectivity index (χ1n) is 6.13. The van der Waals surface area contributed by atoms with E-state index in [1.165, 1.54) is 0 Å². The van der Waals surface area contributed by atoms with Gasteiger partial charge in [0.05, 0.1) is 13.2 Å². The third-order valence-corrected chi connectivity index (χ3v) is 2.80. The predicted octanol–water partition coefficient (Wildman–Crippen LogP) is 1.23. The lowest BCUT2D eigenvalue weighted by Crippen LogP contribution is -2.29. The molecule has 0 bridgehead atoms. The number of carbonyl (C=O) groups is 1. The largest absolute Gasteiger partial charge is 0.494 e. The number of para-hydroxylation sites is 1. The highest BCUT2D eigenvalue weighted by atomic mass is 16.6. The lowest BCUT2D eigenvalue weighted by molar-refractivity contribution is 0.134. The Morgan fingerprint density at radius 3 is 2.83 bits per heavy atom. The van der Waals surface area contributed by atoms with Gasteiger partial charge in [-0.2, -0.15) is 0 Å². The molecule has 0 radical (unpaired) electrons. The molecule has 1 heterocycles. The molecule has 0 saturated carbocycles. The number of amides is 1. The molecule has 1 aromatic rings. The van der Waals surface area contributed by atoms with Gasteiger partial charge in [-0.3, -0.25) is 0 Å². The van der Waals surface area contributed by atoms with Gasteiger partial charge in [0.2, 0.25) is 0 Å².